The Morgan fingerprint density at radius 1 is 1.12 bits per heavy atom. The first-order valence-electron chi connectivity index (χ1n) is 8.52. The molecule has 1 N–H and O–H groups in total. The number of aryl methyl sites for hydroxylation is 1. The van der Waals surface area contributed by atoms with Crippen molar-refractivity contribution in [3.8, 4) is 0 Å². The molecule has 1 aliphatic rings. The SMILES string of the molecule is Cn1ccc(NC(=O)CCCN2CCN(c3ccccc3)CC2)n1. The average Bonchev–Trinajstić information content (AvgIpc) is 3.01. The Morgan fingerprint density at radius 3 is 2.54 bits per heavy atom. The topological polar surface area (TPSA) is 53.4 Å². The Balaban J connectivity index is 1.34. The van der Waals surface area contributed by atoms with Gasteiger partial charge in [0, 0.05) is 57.6 Å². The second-order valence-electron chi connectivity index (χ2n) is 6.19. The number of amides is 1. The molecule has 128 valence electrons. The van der Waals surface area contributed by atoms with E-state index in [-0.39, 0.29) is 5.91 Å². The molecule has 3 rings (SSSR count). The van der Waals surface area contributed by atoms with E-state index in [9.17, 15) is 4.79 Å². The average molecular weight is 327 g/mol. The van der Waals surface area contributed by atoms with Crippen LogP contribution in [0.25, 0.3) is 0 Å². The molecule has 2 heterocycles. The number of hydrogen-bond donors (Lipinski definition) is 1. The second kappa shape index (κ2) is 7.97. The van der Waals surface area contributed by atoms with Gasteiger partial charge in [0.25, 0.3) is 0 Å². The Morgan fingerprint density at radius 2 is 1.88 bits per heavy atom. The molecule has 1 fully saturated rings. The number of nitrogens with one attached hydrogen (secondary N) is 1. The van der Waals surface area contributed by atoms with Crippen molar-refractivity contribution < 1.29 is 4.79 Å². The first kappa shape index (κ1) is 16.5. The summed E-state index contributed by atoms with van der Waals surface area (Å²) in [6.45, 7) is 5.17. The fourth-order valence-corrected chi connectivity index (χ4v) is 3.02. The van der Waals surface area contributed by atoms with Gasteiger partial charge in [0.05, 0.1) is 0 Å². The lowest BCUT2D eigenvalue weighted by Gasteiger charge is -2.36. The van der Waals surface area contributed by atoms with Crippen molar-refractivity contribution in [2.24, 2.45) is 7.05 Å². The zero-order valence-electron chi connectivity index (χ0n) is 14.2. The van der Waals surface area contributed by atoms with Crippen molar-refractivity contribution >= 4 is 17.4 Å². The molecule has 24 heavy (non-hydrogen) atoms. The van der Waals surface area contributed by atoms with Gasteiger partial charge in [-0.05, 0) is 25.1 Å². The van der Waals surface area contributed by atoms with Gasteiger partial charge in [0.15, 0.2) is 5.82 Å². The predicted octanol–water partition coefficient (Wildman–Crippen LogP) is 1.96. The number of rotatable bonds is 6. The van der Waals surface area contributed by atoms with Crippen LogP contribution >= 0.6 is 0 Å². The van der Waals surface area contributed by atoms with Crippen LogP contribution in [0.1, 0.15) is 12.8 Å². The predicted molar refractivity (Wildman–Crippen MR) is 96.2 cm³/mol. The first-order chi connectivity index (χ1) is 11.7. The number of anilines is 2. The summed E-state index contributed by atoms with van der Waals surface area (Å²) in [5.41, 5.74) is 1.30. The molecule has 0 radical (unpaired) electrons. The Hall–Kier alpha value is -2.34. The summed E-state index contributed by atoms with van der Waals surface area (Å²) in [5.74, 6) is 0.663. The quantitative estimate of drug-likeness (QED) is 0.881. The fourth-order valence-electron chi connectivity index (χ4n) is 3.02. The third-order valence-corrected chi connectivity index (χ3v) is 4.35. The molecule has 0 bridgehead atoms. The lowest BCUT2D eigenvalue weighted by molar-refractivity contribution is -0.116. The molecule has 6 nitrogen and oxygen atoms in total. The van der Waals surface area contributed by atoms with E-state index in [1.165, 1.54) is 5.69 Å². The van der Waals surface area contributed by atoms with Gasteiger partial charge in [-0.1, -0.05) is 18.2 Å². The molecule has 1 aromatic heterocycles. The van der Waals surface area contributed by atoms with Crippen molar-refractivity contribution in [2.75, 3.05) is 42.9 Å². The van der Waals surface area contributed by atoms with Crippen LogP contribution in [0, 0.1) is 0 Å². The first-order valence-corrected chi connectivity index (χ1v) is 8.52. The lowest BCUT2D eigenvalue weighted by atomic mass is 10.2. The molecule has 1 amide bonds. The summed E-state index contributed by atoms with van der Waals surface area (Å²) in [7, 11) is 1.84. The van der Waals surface area contributed by atoms with Crippen molar-refractivity contribution in [1.82, 2.24) is 14.7 Å². The van der Waals surface area contributed by atoms with Gasteiger partial charge in [0.1, 0.15) is 0 Å². The molecular formula is C18H25N5O. The molecule has 0 aliphatic carbocycles. The van der Waals surface area contributed by atoms with Crippen LogP contribution in [-0.2, 0) is 11.8 Å². The molecule has 0 atom stereocenters. The highest BCUT2D eigenvalue weighted by Gasteiger charge is 2.17. The maximum absolute atomic E-state index is 11.9. The number of carbonyl (C=O) groups is 1. The van der Waals surface area contributed by atoms with E-state index in [0.717, 1.165) is 39.1 Å². The molecule has 1 aliphatic heterocycles. The van der Waals surface area contributed by atoms with E-state index in [4.69, 9.17) is 0 Å². The van der Waals surface area contributed by atoms with Crippen LogP contribution in [0.5, 0.6) is 0 Å². The van der Waals surface area contributed by atoms with Gasteiger partial charge in [-0.3, -0.25) is 14.4 Å². The highest BCUT2D eigenvalue weighted by molar-refractivity contribution is 5.89. The third-order valence-electron chi connectivity index (χ3n) is 4.35. The molecule has 0 unspecified atom stereocenters. The Bertz CT molecular complexity index is 646. The highest BCUT2D eigenvalue weighted by atomic mass is 16.1. The number of hydrogen-bond acceptors (Lipinski definition) is 4. The molecular weight excluding hydrogens is 302 g/mol. The largest absolute Gasteiger partial charge is 0.369 e. The summed E-state index contributed by atoms with van der Waals surface area (Å²) in [6, 6.07) is 12.4. The summed E-state index contributed by atoms with van der Waals surface area (Å²) in [6.07, 6.45) is 3.24. The summed E-state index contributed by atoms with van der Waals surface area (Å²) < 4.78 is 1.68. The van der Waals surface area contributed by atoms with E-state index in [1.807, 2.05) is 13.2 Å². The maximum Gasteiger partial charge on any atom is 0.225 e. The summed E-state index contributed by atoms with van der Waals surface area (Å²) in [5, 5.41) is 6.99. The van der Waals surface area contributed by atoms with Crippen LogP contribution in [0.15, 0.2) is 42.6 Å². The van der Waals surface area contributed by atoms with Crippen LogP contribution in [-0.4, -0.2) is 53.3 Å². The summed E-state index contributed by atoms with van der Waals surface area (Å²) in [4.78, 5) is 16.8. The monoisotopic (exact) mass is 327 g/mol. The lowest BCUT2D eigenvalue weighted by Crippen LogP contribution is -2.46. The molecule has 0 saturated carbocycles. The molecule has 1 saturated heterocycles. The van der Waals surface area contributed by atoms with E-state index < -0.39 is 0 Å². The van der Waals surface area contributed by atoms with Crippen LogP contribution < -0.4 is 10.2 Å². The minimum Gasteiger partial charge on any atom is -0.369 e. The van der Waals surface area contributed by atoms with E-state index >= 15 is 0 Å². The van der Waals surface area contributed by atoms with Gasteiger partial charge < -0.3 is 10.2 Å². The smallest absolute Gasteiger partial charge is 0.225 e. The van der Waals surface area contributed by atoms with Crippen LogP contribution in [0.4, 0.5) is 11.5 Å². The number of carbonyl (C=O) groups excluding carboxylic acids is 1. The standard InChI is InChI=1S/C18H25N5O/c1-21-11-9-17(20-21)19-18(24)8-5-10-22-12-14-23(15-13-22)16-6-3-2-4-7-16/h2-4,6-7,9,11H,5,8,10,12-15H2,1H3,(H,19,20,24). The van der Waals surface area contributed by atoms with Crippen molar-refractivity contribution in [3.05, 3.63) is 42.6 Å². The Labute approximate surface area is 143 Å². The summed E-state index contributed by atoms with van der Waals surface area (Å²) >= 11 is 0. The second-order valence-corrected chi connectivity index (χ2v) is 6.19. The van der Waals surface area contributed by atoms with Crippen molar-refractivity contribution in [3.63, 3.8) is 0 Å². The fraction of sp³-hybridized carbons (Fsp3) is 0.444. The van der Waals surface area contributed by atoms with E-state index in [0.29, 0.717) is 12.2 Å². The number of piperazine rings is 1. The number of para-hydroxylation sites is 1. The Kier molecular flexibility index (Phi) is 5.48. The number of aromatic nitrogens is 2. The zero-order chi connectivity index (χ0) is 16.8. The highest BCUT2D eigenvalue weighted by Crippen LogP contribution is 2.15. The van der Waals surface area contributed by atoms with Crippen molar-refractivity contribution in [2.45, 2.75) is 12.8 Å². The van der Waals surface area contributed by atoms with Crippen LogP contribution in [0.2, 0.25) is 0 Å². The van der Waals surface area contributed by atoms with E-state index in [1.54, 1.807) is 10.7 Å². The minimum atomic E-state index is 0.0385. The minimum absolute atomic E-state index is 0.0385. The van der Waals surface area contributed by atoms with Gasteiger partial charge in [-0.25, -0.2) is 0 Å². The molecule has 0 spiro atoms. The maximum atomic E-state index is 11.9. The molecule has 1 aromatic carbocycles. The van der Waals surface area contributed by atoms with E-state index in [2.05, 4.69) is 50.5 Å². The normalized spacial score (nSPS) is 15.5. The van der Waals surface area contributed by atoms with Crippen molar-refractivity contribution in [1.29, 1.82) is 0 Å². The zero-order valence-corrected chi connectivity index (χ0v) is 14.2. The number of nitrogens with zero attached hydrogens (tertiary/aromatic N) is 4. The van der Waals surface area contributed by atoms with Gasteiger partial charge in [-0.2, -0.15) is 5.10 Å². The van der Waals surface area contributed by atoms with Crippen LogP contribution in [0.3, 0.4) is 0 Å². The van der Waals surface area contributed by atoms with Gasteiger partial charge >= 0.3 is 0 Å². The molecule has 2 aromatic rings. The molecule has 6 heteroatoms. The van der Waals surface area contributed by atoms with Gasteiger partial charge in [-0.15, -0.1) is 0 Å². The number of benzene rings is 1. The third kappa shape index (κ3) is 4.58. The van der Waals surface area contributed by atoms with Gasteiger partial charge in [0.2, 0.25) is 5.91 Å².